The number of rotatable bonds is 17. The largest absolute Gasteiger partial charge is 0.464 e. The highest BCUT2D eigenvalue weighted by Crippen LogP contribution is 2.10. The summed E-state index contributed by atoms with van der Waals surface area (Å²) < 4.78 is 20.6. The Bertz CT molecular complexity index is 334. The van der Waals surface area contributed by atoms with E-state index >= 15 is 0 Å². The van der Waals surface area contributed by atoms with Crippen LogP contribution in [0.5, 0.6) is 0 Å². The van der Waals surface area contributed by atoms with Crippen molar-refractivity contribution in [1.29, 1.82) is 0 Å². The van der Waals surface area contributed by atoms with Gasteiger partial charge in [0.25, 0.3) is 0 Å². The van der Waals surface area contributed by atoms with Crippen LogP contribution >= 0.6 is 0 Å². The lowest BCUT2D eigenvalue weighted by atomic mass is 10.2. The molecule has 0 unspecified atom stereocenters. The van der Waals surface area contributed by atoms with E-state index in [1.165, 1.54) is 14.2 Å². The zero-order chi connectivity index (χ0) is 19.6. The number of hydrogen-bond donors (Lipinski definition) is 2. The Kier molecular flexibility index (Phi) is 16.4. The smallest absolute Gasteiger partial charge is 0.338 e. The molecule has 0 rings (SSSR count). The first-order chi connectivity index (χ1) is 12.6. The molecule has 0 aliphatic heterocycles. The number of ether oxygens (including phenoxy) is 4. The molecule has 0 aromatic carbocycles. The van der Waals surface area contributed by atoms with Gasteiger partial charge in [-0.05, 0) is 38.8 Å². The van der Waals surface area contributed by atoms with Crippen LogP contribution in [0.1, 0.15) is 51.4 Å². The van der Waals surface area contributed by atoms with Crippen molar-refractivity contribution in [3.8, 4) is 0 Å². The highest BCUT2D eigenvalue weighted by molar-refractivity contribution is 5.85. The van der Waals surface area contributed by atoms with E-state index in [1.54, 1.807) is 0 Å². The SMILES string of the molecule is CO[C@@H](C(=O)OCCCCCCN)[C@@H](OC)C(=O)OCCCCCCN. The Balaban J connectivity index is 4.21. The van der Waals surface area contributed by atoms with E-state index in [0.29, 0.717) is 13.1 Å². The minimum Gasteiger partial charge on any atom is -0.464 e. The Morgan fingerprint density at radius 3 is 1.31 bits per heavy atom. The van der Waals surface area contributed by atoms with Crippen molar-refractivity contribution in [3.63, 3.8) is 0 Å². The molecule has 8 heteroatoms. The molecule has 2 atom stereocenters. The predicted octanol–water partition coefficient (Wildman–Crippen LogP) is 1.14. The average Bonchev–Trinajstić information content (AvgIpc) is 2.64. The number of hydrogen-bond acceptors (Lipinski definition) is 8. The Labute approximate surface area is 156 Å². The molecule has 0 fully saturated rings. The van der Waals surface area contributed by atoms with Crippen LogP contribution in [0.15, 0.2) is 0 Å². The van der Waals surface area contributed by atoms with Gasteiger partial charge in [0.1, 0.15) is 0 Å². The molecule has 0 bridgehead atoms. The molecule has 4 N–H and O–H groups in total. The van der Waals surface area contributed by atoms with Crippen LogP contribution in [-0.2, 0) is 28.5 Å². The lowest BCUT2D eigenvalue weighted by Gasteiger charge is -2.22. The third-order valence-corrected chi connectivity index (χ3v) is 3.93. The summed E-state index contributed by atoms with van der Waals surface area (Å²) >= 11 is 0. The van der Waals surface area contributed by atoms with Crippen LogP contribution in [-0.4, -0.2) is 64.7 Å². The molecule has 0 radical (unpaired) electrons. The minimum atomic E-state index is -1.14. The van der Waals surface area contributed by atoms with Gasteiger partial charge in [-0.15, -0.1) is 0 Å². The second-order valence-electron chi connectivity index (χ2n) is 6.05. The molecule has 0 heterocycles. The molecular weight excluding hydrogens is 340 g/mol. The van der Waals surface area contributed by atoms with Gasteiger partial charge in [-0.25, -0.2) is 9.59 Å². The third-order valence-electron chi connectivity index (χ3n) is 3.93. The van der Waals surface area contributed by atoms with E-state index in [2.05, 4.69) is 0 Å². The van der Waals surface area contributed by atoms with Gasteiger partial charge in [-0.3, -0.25) is 0 Å². The van der Waals surface area contributed by atoms with Crippen LogP contribution in [0.25, 0.3) is 0 Å². The number of methoxy groups -OCH3 is 2. The molecule has 0 aromatic rings. The van der Waals surface area contributed by atoms with Crippen LogP contribution < -0.4 is 11.5 Å². The standard InChI is InChI=1S/C18H36N2O6/c1-23-15(17(21)25-13-9-5-3-7-11-19)16(24-2)18(22)26-14-10-6-4-8-12-20/h15-16H,3-14,19-20H2,1-2H3/t15-,16-/m1/s1. The van der Waals surface area contributed by atoms with Gasteiger partial charge in [0.15, 0.2) is 12.2 Å². The first-order valence-corrected chi connectivity index (χ1v) is 9.41. The Morgan fingerprint density at radius 1 is 0.654 bits per heavy atom. The maximum Gasteiger partial charge on any atom is 0.338 e. The van der Waals surface area contributed by atoms with Crippen molar-refractivity contribution < 1.29 is 28.5 Å². The van der Waals surface area contributed by atoms with Gasteiger partial charge in [0, 0.05) is 14.2 Å². The highest BCUT2D eigenvalue weighted by atomic mass is 16.6. The average molecular weight is 376 g/mol. The Hall–Kier alpha value is -1.22. The van der Waals surface area contributed by atoms with Gasteiger partial charge < -0.3 is 30.4 Å². The summed E-state index contributed by atoms with van der Waals surface area (Å²) in [5, 5.41) is 0. The van der Waals surface area contributed by atoms with Gasteiger partial charge in [0.2, 0.25) is 0 Å². The number of nitrogens with two attached hydrogens (primary N) is 2. The predicted molar refractivity (Wildman–Crippen MR) is 98.6 cm³/mol. The maximum atomic E-state index is 12.1. The molecule has 0 amide bonds. The van der Waals surface area contributed by atoms with E-state index in [4.69, 9.17) is 30.4 Å². The fourth-order valence-electron chi connectivity index (χ4n) is 2.40. The second kappa shape index (κ2) is 17.2. The summed E-state index contributed by atoms with van der Waals surface area (Å²) in [4.78, 5) is 24.3. The lowest BCUT2D eigenvalue weighted by Crippen LogP contribution is -2.44. The third kappa shape index (κ3) is 11.4. The van der Waals surface area contributed by atoms with Crippen LogP contribution in [0, 0.1) is 0 Å². The summed E-state index contributed by atoms with van der Waals surface area (Å²) in [5.41, 5.74) is 10.9. The molecule has 0 aliphatic carbocycles. The molecule has 0 saturated carbocycles. The van der Waals surface area contributed by atoms with Crippen molar-refractivity contribution in [2.75, 3.05) is 40.5 Å². The lowest BCUT2D eigenvalue weighted by molar-refractivity contribution is -0.178. The van der Waals surface area contributed by atoms with E-state index in [-0.39, 0.29) is 13.2 Å². The molecule has 0 aromatic heterocycles. The van der Waals surface area contributed by atoms with E-state index in [9.17, 15) is 9.59 Å². The fourth-order valence-corrected chi connectivity index (χ4v) is 2.40. The summed E-state index contributed by atoms with van der Waals surface area (Å²) in [5.74, 6) is -1.25. The van der Waals surface area contributed by atoms with Crippen LogP contribution in [0.2, 0.25) is 0 Å². The Morgan fingerprint density at radius 2 is 1.00 bits per heavy atom. The van der Waals surface area contributed by atoms with Gasteiger partial charge in [-0.1, -0.05) is 25.7 Å². The molecule has 0 aliphatic rings. The second-order valence-corrected chi connectivity index (χ2v) is 6.05. The molecule has 0 spiro atoms. The van der Waals surface area contributed by atoms with Crippen molar-refractivity contribution in [3.05, 3.63) is 0 Å². The number of esters is 2. The zero-order valence-corrected chi connectivity index (χ0v) is 16.2. The summed E-state index contributed by atoms with van der Waals surface area (Å²) in [6, 6.07) is 0. The summed E-state index contributed by atoms with van der Waals surface area (Å²) in [6.45, 7) is 1.87. The molecule has 0 saturated heterocycles. The van der Waals surface area contributed by atoms with Gasteiger partial charge in [-0.2, -0.15) is 0 Å². The minimum absolute atomic E-state index is 0.274. The van der Waals surface area contributed by atoms with Crippen LogP contribution in [0.3, 0.4) is 0 Å². The fraction of sp³-hybridized carbons (Fsp3) is 0.889. The number of carbonyl (C=O) groups excluding carboxylic acids is 2. The quantitative estimate of drug-likeness (QED) is 0.286. The maximum absolute atomic E-state index is 12.1. The van der Waals surface area contributed by atoms with Crippen molar-refractivity contribution in [2.45, 2.75) is 63.6 Å². The summed E-state index contributed by atoms with van der Waals surface area (Å²) in [6.07, 6.45) is 4.98. The summed E-state index contributed by atoms with van der Waals surface area (Å²) in [7, 11) is 2.67. The van der Waals surface area contributed by atoms with E-state index < -0.39 is 24.1 Å². The van der Waals surface area contributed by atoms with Gasteiger partial charge in [0.05, 0.1) is 13.2 Å². The first kappa shape index (κ1) is 24.8. The zero-order valence-electron chi connectivity index (χ0n) is 16.2. The number of carbonyl (C=O) groups is 2. The normalized spacial score (nSPS) is 13.2. The van der Waals surface area contributed by atoms with Crippen molar-refractivity contribution in [2.24, 2.45) is 11.5 Å². The van der Waals surface area contributed by atoms with E-state index in [1.807, 2.05) is 0 Å². The molecular formula is C18H36N2O6. The molecule has 154 valence electrons. The first-order valence-electron chi connectivity index (χ1n) is 9.41. The monoisotopic (exact) mass is 376 g/mol. The molecule has 26 heavy (non-hydrogen) atoms. The van der Waals surface area contributed by atoms with Crippen molar-refractivity contribution in [1.82, 2.24) is 0 Å². The van der Waals surface area contributed by atoms with E-state index in [0.717, 1.165) is 51.4 Å². The van der Waals surface area contributed by atoms with Crippen molar-refractivity contribution >= 4 is 11.9 Å². The highest BCUT2D eigenvalue weighted by Gasteiger charge is 2.36. The number of unbranched alkanes of at least 4 members (excludes halogenated alkanes) is 6. The molecule has 8 nitrogen and oxygen atoms in total. The van der Waals surface area contributed by atoms with Crippen LogP contribution in [0.4, 0.5) is 0 Å². The van der Waals surface area contributed by atoms with Gasteiger partial charge >= 0.3 is 11.9 Å². The topological polar surface area (TPSA) is 123 Å².